The van der Waals surface area contributed by atoms with Gasteiger partial charge in [0.05, 0.1) is 23.9 Å². The van der Waals surface area contributed by atoms with E-state index >= 15 is 0 Å². The highest BCUT2D eigenvalue weighted by Crippen LogP contribution is 2.38. The summed E-state index contributed by atoms with van der Waals surface area (Å²) in [5.74, 6) is 8.49. The molecule has 0 unspecified atom stereocenters. The summed E-state index contributed by atoms with van der Waals surface area (Å²) < 4.78 is 8.96. The van der Waals surface area contributed by atoms with E-state index in [1.807, 2.05) is 76.6 Å². The number of thiophene rings is 8. The van der Waals surface area contributed by atoms with Crippen molar-refractivity contribution >= 4 is 169 Å². The first kappa shape index (κ1) is 102. The average molecular weight is 1810 g/mol. The standard InChI is InChI=1S/C13H20.C12H18.C8H13NO.2C8H12S.2C7H9BrS.2C7H8Cl2S.2C7H10S/c1-10(2)11-8-6-7-9-12(11)13(3,4)5;1-9(2)11-7-5-6-8-12(11)10(3)4;1-5(2)8-6(3)9-10-7(8)4;1-6(2)8-4-7(3)5-9-8;1-6(2)8-5-4-7(3)9-8;1-5(2)7-6(8)3-4-9-7;1-5(2)6-3-4-7(8)9-6;1-4(2)7-5(8)3-6(9)10-7;1-4(2)6-3-5(8)7(9)10-6;1-6(2)7-3-4-8-5-7;1-6(2)7-4-3-5-8-7/h6-10H,1-5H3;5-10H,1-4H3;5H,1-4H3;2*4-6H,1-3H3;2*3-5H,1-2H3;2*3-4H,1-2H3;2*3-6H,1-2H3. The molecule has 0 aliphatic rings. The molecule has 0 amide bonds. The Kier molecular flexibility index (Phi) is 51.1. The van der Waals surface area contributed by atoms with E-state index in [1.54, 1.807) is 40.1 Å². The minimum atomic E-state index is 0.265. The Hall–Kier alpha value is -2.63. The molecule has 0 atom stereocenters. The molecule has 107 heavy (non-hydrogen) atoms. The van der Waals surface area contributed by atoms with Crippen molar-refractivity contribution in [3.8, 4) is 0 Å². The quantitative estimate of drug-likeness (QED) is 0.122. The zero-order chi connectivity index (χ0) is 81.7. The Balaban J connectivity index is 0.000000590. The predicted molar refractivity (Wildman–Crippen MR) is 506 cm³/mol. The lowest BCUT2D eigenvalue weighted by atomic mass is 9.81. The average Bonchev–Trinajstić information content (AvgIpc) is 1.79. The molecular weight excluding hydrogens is 1680 g/mol. The topological polar surface area (TPSA) is 26.0 Å². The number of hydrogen-bond donors (Lipinski definition) is 0. The summed E-state index contributed by atoms with van der Waals surface area (Å²) in [6.45, 7) is 67.9. The first-order chi connectivity index (χ1) is 49.8. The summed E-state index contributed by atoms with van der Waals surface area (Å²) in [5, 5.41) is 16.1. The van der Waals surface area contributed by atoms with Gasteiger partial charge < -0.3 is 4.52 Å². The van der Waals surface area contributed by atoms with Gasteiger partial charge in [0.25, 0.3) is 0 Å². The first-order valence-corrected chi connectivity index (χ1v) is 47.4. The van der Waals surface area contributed by atoms with Crippen LogP contribution in [-0.4, -0.2) is 5.16 Å². The van der Waals surface area contributed by atoms with E-state index in [0.29, 0.717) is 80.4 Å². The van der Waals surface area contributed by atoms with Crippen LogP contribution >= 0.6 is 169 Å². The third-order valence-corrected chi connectivity index (χ3v) is 28.8. The molecule has 0 bridgehead atoms. The van der Waals surface area contributed by atoms with Crippen LogP contribution in [0.4, 0.5) is 0 Å². The van der Waals surface area contributed by atoms with Gasteiger partial charge in [-0.05, 0) is 257 Å². The lowest BCUT2D eigenvalue weighted by Gasteiger charge is -2.24. The number of aromatic nitrogens is 1. The van der Waals surface area contributed by atoms with Gasteiger partial charge >= 0.3 is 0 Å². The second-order valence-corrected chi connectivity index (χ2v) is 43.4. The zero-order valence-electron chi connectivity index (χ0n) is 70.2. The van der Waals surface area contributed by atoms with E-state index < -0.39 is 0 Å². The van der Waals surface area contributed by atoms with Crippen LogP contribution in [0, 0.1) is 27.7 Å². The number of hydrogen-bond acceptors (Lipinski definition) is 10. The molecule has 16 heteroatoms. The molecule has 0 aliphatic carbocycles. The molecule has 594 valence electrons. The van der Waals surface area contributed by atoms with E-state index in [1.165, 1.54) is 86.2 Å². The summed E-state index contributed by atoms with van der Waals surface area (Å²) in [5.41, 5.74) is 11.3. The van der Waals surface area contributed by atoms with Crippen molar-refractivity contribution in [3.05, 3.63) is 259 Å². The lowest BCUT2D eigenvalue weighted by Crippen LogP contribution is -2.14. The van der Waals surface area contributed by atoms with Crippen LogP contribution in [0.2, 0.25) is 18.7 Å². The van der Waals surface area contributed by atoms with E-state index in [0.717, 1.165) is 20.8 Å². The molecule has 0 aliphatic heterocycles. The van der Waals surface area contributed by atoms with Crippen LogP contribution in [0.15, 0.2) is 155 Å². The largest absolute Gasteiger partial charge is 0.361 e. The minimum absolute atomic E-state index is 0.265. The second-order valence-electron chi connectivity index (χ2n) is 30.9. The van der Waals surface area contributed by atoms with E-state index in [4.69, 9.17) is 50.9 Å². The molecule has 11 rings (SSSR count). The molecule has 9 heterocycles. The summed E-state index contributed by atoms with van der Waals surface area (Å²) >= 11 is 44.1. The van der Waals surface area contributed by atoms with Gasteiger partial charge in [0, 0.05) is 49.1 Å². The number of halogens is 6. The zero-order valence-corrected chi connectivity index (χ0v) is 82.9. The minimum Gasteiger partial charge on any atom is -0.361 e. The fourth-order valence-corrected chi connectivity index (χ4v) is 19.8. The smallest absolute Gasteiger partial charge is 0.137 e. The maximum Gasteiger partial charge on any atom is 0.137 e. The summed E-state index contributed by atoms with van der Waals surface area (Å²) in [7, 11) is 0. The van der Waals surface area contributed by atoms with Gasteiger partial charge in [0.15, 0.2) is 0 Å². The SMILES string of the molecule is CC(C)c1cc(Cl)c(Cl)s1.CC(C)c1ccc(Br)s1.CC(C)c1ccccc1C(C)(C)C.CC(C)c1ccccc1C(C)C.CC(C)c1cccs1.CC(C)c1ccsc1.CC(C)c1sc(Cl)cc1Cl.CC(C)c1sccc1Br.Cc1ccc(C(C)C)s1.Cc1csc(C(C)C)c1.Cc1noc(C)c1C(C)C. The summed E-state index contributed by atoms with van der Waals surface area (Å²) in [6.07, 6.45) is 0. The second kappa shape index (κ2) is 53.4. The molecule has 0 saturated carbocycles. The predicted octanol–water partition coefficient (Wildman–Crippen LogP) is 38.2. The monoisotopic (exact) mass is 1810 g/mol. The fraction of sp³-hybridized carbons (Fsp3) is 0.484. The van der Waals surface area contributed by atoms with Crippen molar-refractivity contribution in [1.29, 1.82) is 0 Å². The van der Waals surface area contributed by atoms with Crippen LogP contribution in [0.3, 0.4) is 0 Å². The van der Waals surface area contributed by atoms with Gasteiger partial charge in [-0.2, -0.15) is 11.3 Å². The lowest BCUT2D eigenvalue weighted by molar-refractivity contribution is 0.392. The maximum absolute atomic E-state index is 5.87. The van der Waals surface area contributed by atoms with Crippen LogP contribution < -0.4 is 0 Å². The maximum atomic E-state index is 5.87. The van der Waals surface area contributed by atoms with Gasteiger partial charge in [-0.1, -0.05) is 293 Å². The third-order valence-electron chi connectivity index (χ3n) is 16.0. The summed E-state index contributed by atoms with van der Waals surface area (Å²) in [4.78, 5) is 11.2. The Labute approximate surface area is 720 Å². The highest BCUT2D eigenvalue weighted by Gasteiger charge is 2.19. The van der Waals surface area contributed by atoms with Crippen LogP contribution in [0.25, 0.3) is 0 Å². The van der Waals surface area contributed by atoms with Crippen LogP contribution in [0.1, 0.15) is 347 Å². The summed E-state index contributed by atoms with van der Waals surface area (Å²) in [6, 6.07) is 40.7. The van der Waals surface area contributed by atoms with E-state index in [9.17, 15) is 0 Å². The van der Waals surface area contributed by atoms with Crippen molar-refractivity contribution < 1.29 is 4.52 Å². The number of aryl methyl sites for hydroxylation is 4. The Morgan fingerprint density at radius 2 is 0.907 bits per heavy atom. The third kappa shape index (κ3) is 40.8. The van der Waals surface area contributed by atoms with Crippen LogP contribution in [-0.2, 0) is 5.41 Å². The molecule has 0 spiro atoms. The Morgan fingerprint density at radius 3 is 1.14 bits per heavy atom. The van der Waals surface area contributed by atoms with Crippen molar-refractivity contribution in [3.63, 3.8) is 0 Å². The normalized spacial score (nSPS) is 10.9. The van der Waals surface area contributed by atoms with Gasteiger partial charge in [-0.25, -0.2) is 0 Å². The van der Waals surface area contributed by atoms with Crippen molar-refractivity contribution in [1.82, 2.24) is 5.16 Å². The number of benzene rings is 2. The van der Waals surface area contributed by atoms with Gasteiger partial charge in [-0.15, -0.1) is 79.4 Å². The van der Waals surface area contributed by atoms with Crippen molar-refractivity contribution in [2.24, 2.45) is 0 Å². The fourth-order valence-electron chi connectivity index (χ4n) is 10.1. The molecule has 0 N–H and O–H groups in total. The van der Waals surface area contributed by atoms with Crippen molar-refractivity contribution in [2.45, 2.75) is 291 Å². The van der Waals surface area contributed by atoms with Gasteiger partial charge in [0.2, 0.25) is 0 Å². The van der Waals surface area contributed by atoms with Crippen molar-refractivity contribution in [2.75, 3.05) is 0 Å². The van der Waals surface area contributed by atoms with Gasteiger partial charge in [0.1, 0.15) is 10.1 Å². The highest BCUT2D eigenvalue weighted by atomic mass is 79.9. The van der Waals surface area contributed by atoms with Gasteiger partial charge in [-0.3, -0.25) is 0 Å². The molecular formula is C91H129Br2Cl4NOS8. The molecule has 0 fully saturated rings. The van der Waals surface area contributed by atoms with E-state index in [2.05, 4.69) is 368 Å². The first-order valence-electron chi connectivity index (χ1n) is 37.5. The molecule has 9 aromatic heterocycles. The number of rotatable bonds is 12. The number of nitrogens with zero attached hydrogens (tertiary/aromatic N) is 1. The molecule has 11 aromatic rings. The molecule has 2 nitrogen and oxygen atoms in total. The highest BCUT2D eigenvalue weighted by molar-refractivity contribution is 9.11. The molecule has 0 saturated heterocycles. The van der Waals surface area contributed by atoms with E-state index in [-0.39, 0.29) is 5.41 Å². The Morgan fingerprint density at radius 1 is 0.393 bits per heavy atom. The van der Waals surface area contributed by atoms with Crippen LogP contribution in [0.5, 0.6) is 0 Å². The Bertz CT molecular complexity index is 3850. The molecule has 2 aromatic carbocycles. The molecule has 0 radical (unpaired) electrons.